The molecule has 0 saturated heterocycles. The molecule has 0 aromatic heterocycles. The van der Waals surface area contributed by atoms with Crippen LogP contribution in [0.4, 0.5) is 5.69 Å². The molecular formula is C25H27NO5. The third-order valence-electron chi connectivity index (χ3n) is 4.88. The number of anilines is 1. The molecule has 3 aromatic rings. The van der Waals surface area contributed by atoms with Gasteiger partial charge < -0.3 is 24.6 Å². The molecule has 3 aromatic carbocycles. The standard InChI is InChI=1S/C25H27NO5/c1-4-30-24-13-18(9-11-23(24)31-16-20-8-6-5-7-17(20)2)15-26-21-14-19(25(27)28)10-12-22(21)29-3/h5-14,26H,4,15-16H2,1-3H3,(H,27,28). The third-order valence-corrected chi connectivity index (χ3v) is 4.88. The largest absolute Gasteiger partial charge is 0.495 e. The van der Waals surface area contributed by atoms with Crippen molar-refractivity contribution in [3.8, 4) is 17.2 Å². The minimum Gasteiger partial charge on any atom is -0.495 e. The van der Waals surface area contributed by atoms with Crippen molar-refractivity contribution in [2.24, 2.45) is 0 Å². The van der Waals surface area contributed by atoms with Crippen molar-refractivity contribution in [1.29, 1.82) is 0 Å². The van der Waals surface area contributed by atoms with E-state index in [2.05, 4.69) is 18.3 Å². The first-order valence-electron chi connectivity index (χ1n) is 10.1. The number of hydrogen-bond donors (Lipinski definition) is 2. The first-order valence-corrected chi connectivity index (χ1v) is 10.1. The molecule has 0 bridgehead atoms. The summed E-state index contributed by atoms with van der Waals surface area (Å²) in [5, 5.41) is 12.5. The van der Waals surface area contributed by atoms with Gasteiger partial charge in [-0.05, 0) is 60.9 Å². The number of ether oxygens (including phenoxy) is 3. The number of nitrogens with one attached hydrogen (secondary N) is 1. The monoisotopic (exact) mass is 421 g/mol. The minimum atomic E-state index is -0.987. The highest BCUT2D eigenvalue weighted by atomic mass is 16.5. The molecule has 0 saturated carbocycles. The lowest BCUT2D eigenvalue weighted by Crippen LogP contribution is -2.05. The lowest BCUT2D eigenvalue weighted by Gasteiger charge is -2.16. The number of rotatable bonds is 10. The average Bonchev–Trinajstić information content (AvgIpc) is 2.78. The molecule has 0 aliphatic rings. The molecule has 0 amide bonds. The number of aryl methyl sites for hydroxylation is 1. The highest BCUT2D eigenvalue weighted by Gasteiger charge is 2.11. The topological polar surface area (TPSA) is 77.0 Å². The molecular weight excluding hydrogens is 394 g/mol. The van der Waals surface area contributed by atoms with Crippen LogP contribution in [-0.4, -0.2) is 24.8 Å². The van der Waals surface area contributed by atoms with Crippen LogP contribution < -0.4 is 19.5 Å². The number of carboxylic acids is 1. The Morgan fingerprint density at radius 3 is 2.45 bits per heavy atom. The molecule has 0 spiro atoms. The Morgan fingerprint density at radius 2 is 1.74 bits per heavy atom. The highest BCUT2D eigenvalue weighted by molar-refractivity contribution is 5.89. The minimum absolute atomic E-state index is 0.193. The second-order valence-electron chi connectivity index (χ2n) is 7.00. The Bertz CT molecular complexity index is 1050. The van der Waals surface area contributed by atoms with Crippen LogP contribution in [0.2, 0.25) is 0 Å². The Kier molecular flexibility index (Phi) is 7.38. The van der Waals surface area contributed by atoms with E-state index in [1.54, 1.807) is 19.2 Å². The lowest BCUT2D eigenvalue weighted by molar-refractivity contribution is 0.0697. The Labute approximate surface area is 182 Å². The first-order chi connectivity index (χ1) is 15.0. The van der Waals surface area contributed by atoms with Crippen molar-refractivity contribution in [3.05, 3.63) is 82.9 Å². The first kappa shape index (κ1) is 22.0. The van der Waals surface area contributed by atoms with E-state index in [9.17, 15) is 9.90 Å². The number of hydrogen-bond acceptors (Lipinski definition) is 5. The van der Waals surface area contributed by atoms with E-state index in [1.165, 1.54) is 11.6 Å². The predicted octanol–water partition coefficient (Wildman–Crippen LogP) is 5.29. The molecule has 0 radical (unpaired) electrons. The summed E-state index contributed by atoms with van der Waals surface area (Å²) in [7, 11) is 1.55. The summed E-state index contributed by atoms with van der Waals surface area (Å²) in [5.41, 5.74) is 4.08. The molecule has 0 unspecified atom stereocenters. The SMILES string of the molecule is CCOc1cc(CNc2cc(C(=O)O)ccc2OC)ccc1OCc1ccccc1C. The number of aromatic carboxylic acids is 1. The Hall–Kier alpha value is -3.67. The van der Waals surface area contributed by atoms with Crippen LogP contribution in [0.15, 0.2) is 60.7 Å². The van der Waals surface area contributed by atoms with E-state index < -0.39 is 5.97 Å². The fraction of sp³-hybridized carbons (Fsp3) is 0.240. The van der Waals surface area contributed by atoms with Gasteiger partial charge in [0, 0.05) is 6.54 Å². The van der Waals surface area contributed by atoms with E-state index >= 15 is 0 Å². The van der Waals surface area contributed by atoms with Gasteiger partial charge in [0.2, 0.25) is 0 Å². The van der Waals surface area contributed by atoms with Crippen LogP contribution in [0.1, 0.15) is 34.0 Å². The van der Waals surface area contributed by atoms with Crippen LogP contribution in [-0.2, 0) is 13.2 Å². The molecule has 0 aliphatic heterocycles. The van der Waals surface area contributed by atoms with Crippen molar-refractivity contribution in [2.45, 2.75) is 27.0 Å². The normalized spacial score (nSPS) is 10.4. The van der Waals surface area contributed by atoms with Crippen molar-refractivity contribution >= 4 is 11.7 Å². The molecule has 0 fully saturated rings. The number of carbonyl (C=O) groups is 1. The van der Waals surface area contributed by atoms with Crippen molar-refractivity contribution in [1.82, 2.24) is 0 Å². The van der Waals surface area contributed by atoms with Gasteiger partial charge in [0.15, 0.2) is 11.5 Å². The van der Waals surface area contributed by atoms with Gasteiger partial charge in [0.25, 0.3) is 0 Å². The Balaban J connectivity index is 1.74. The molecule has 2 N–H and O–H groups in total. The van der Waals surface area contributed by atoms with Crippen molar-refractivity contribution < 1.29 is 24.1 Å². The molecule has 162 valence electrons. The highest BCUT2D eigenvalue weighted by Crippen LogP contribution is 2.31. The van der Waals surface area contributed by atoms with Gasteiger partial charge in [-0.25, -0.2) is 4.79 Å². The van der Waals surface area contributed by atoms with Crippen LogP contribution in [0.5, 0.6) is 17.2 Å². The Morgan fingerprint density at radius 1 is 0.968 bits per heavy atom. The van der Waals surface area contributed by atoms with E-state index in [-0.39, 0.29) is 5.56 Å². The fourth-order valence-electron chi connectivity index (χ4n) is 3.15. The average molecular weight is 421 g/mol. The van der Waals surface area contributed by atoms with Gasteiger partial charge >= 0.3 is 5.97 Å². The van der Waals surface area contributed by atoms with Gasteiger partial charge in [0.1, 0.15) is 12.4 Å². The maximum Gasteiger partial charge on any atom is 0.335 e. The van der Waals surface area contributed by atoms with Gasteiger partial charge in [-0.15, -0.1) is 0 Å². The molecule has 0 atom stereocenters. The van der Waals surface area contributed by atoms with Crippen LogP contribution >= 0.6 is 0 Å². The fourth-order valence-corrected chi connectivity index (χ4v) is 3.15. The summed E-state index contributed by atoms with van der Waals surface area (Å²) >= 11 is 0. The second kappa shape index (κ2) is 10.4. The molecule has 31 heavy (non-hydrogen) atoms. The number of carboxylic acid groups (broad SMARTS) is 1. The zero-order valence-corrected chi connectivity index (χ0v) is 18.0. The zero-order chi connectivity index (χ0) is 22.2. The van der Waals surface area contributed by atoms with E-state index in [0.717, 1.165) is 11.1 Å². The van der Waals surface area contributed by atoms with Crippen LogP contribution in [0, 0.1) is 6.92 Å². The van der Waals surface area contributed by atoms with Gasteiger partial charge in [-0.1, -0.05) is 30.3 Å². The summed E-state index contributed by atoms with van der Waals surface area (Å²) in [5.74, 6) is 0.939. The smallest absolute Gasteiger partial charge is 0.335 e. The van der Waals surface area contributed by atoms with E-state index in [0.29, 0.717) is 42.7 Å². The molecule has 0 heterocycles. The molecule has 0 aliphatic carbocycles. The van der Waals surface area contributed by atoms with Crippen LogP contribution in [0.3, 0.4) is 0 Å². The summed E-state index contributed by atoms with van der Waals surface area (Å²) in [6, 6.07) is 18.6. The van der Waals surface area contributed by atoms with Crippen molar-refractivity contribution in [3.63, 3.8) is 0 Å². The zero-order valence-electron chi connectivity index (χ0n) is 18.0. The second-order valence-corrected chi connectivity index (χ2v) is 7.00. The maximum atomic E-state index is 11.3. The van der Waals surface area contributed by atoms with E-state index in [4.69, 9.17) is 14.2 Å². The maximum absolute atomic E-state index is 11.3. The summed E-state index contributed by atoms with van der Waals surface area (Å²) < 4.78 is 17.1. The van der Waals surface area contributed by atoms with Gasteiger partial charge in [0.05, 0.1) is 25.0 Å². The van der Waals surface area contributed by atoms with Crippen LogP contribution in [0.25, 0.3) is 0 Å². The predicted molar refractivity (Wildman–Crippen MR) is 120 cm³/mol. The summed E-state index contributed by atoms with van der Waals surface area (Å²) in [4.78, 5) is 11.3. The van der Waals surface area contributed by atoms with Crippen molar-refractivity contribution in [2.75, 3.05) is 19.0 Å². The number of methoxy groups -OCH3 is 1. The number of benzene rings is 3. The summed E-state index contributed by atoms with van der Waals surface area (Å²) in [6.45, 7) is 5.44. The lowest BCUT2D eigenvalue weighted by atomic mass is 10.1. The van der Waals surface area contributed by atoms with Gasteiger partial charge in [-0.3, -0.25) is 0 Å². The third kappa shape index (κ3) is 5.69. The van der Waals surface area contributed by atoms with Gasteiger partial charge in [-0.2, -0.15) is 0 Å². The molecule has 3 rings (SSSR count). The quantitative estimate of drug-likeness (QED) is 0.463. The summed E-state index contributed by atoms with van der Waals surface area (Å²) in [6.07, 6.45) is 0. The van der Waals surface area contributed by atoms with E-state index in [1.807, 2.05) is 43.3 Å². The molecule has 6 heteroatoms. The molecule has 6 nitrogen and oxygen atoms in total.